The molecule has 17 heavy (non-hydrogen) atoms. The Hall–Kier alpha value is -0.570. The van der Waals surface area contributed by atoms with Crippen LogP contribution in [-0.2, 0) is 4.79 Å². The number of amides is 1. The van der Waals surface area contributed by atoms with Gasteiger partial charge in [-0.3, -0.25) is 4.79 Å². The van der Waals surface area contributed by atoms with Crippen LogP contribution in [0.3, 0.4) is 0 Å². The topological polar surface area (TPSA) is 55.1 Å². The van der Waals surface area contributed by atoms with Gasteiger partial charge in [-0.1, -0.05) is 40.5 Å². The highest BCUT2D eigenvalue weighted by Crippen LogP contribution is 2.35. The molecule has 1 saturated carbocycles. The van der Waals surface area contributed by atoms with Crippen molar-refractivity contribution in [1.82, 2.24) is 5.32 Å². The van der Waals surface area contributed by atoms with E-state index in [-0.39, 0.29) is 17.4 Å². The van der Waals surface area contributed by atoms with Gasteiger partial charge in [-0.05, 0) is 30.6 Å². The van der Waals surface area contributed by atoms with E-state index in [2.05, 4.69) is 33.0 Å². The number of nitrogens with one attached hydrogen (secondary N) is 1. The van der Waals surface area contributed by atoms with E-state index < -0.39 is 0 Å². The van der Waals surface area contributed by atoms with Crippen molar-refractivity contribution < 1.29 is 4.79 Å². The summed E-state index contributed by atoms with van der Waals surface area (Å²) in [5, 5.41) is 3.15. The van der Waals surface area contributed by atoms with Crippen molar-refractivity contribution in [3.05, 3.63) is 0 Å². The smallest absolute Gasteiger partial charge is 0.237 e. The van der Waals surface area contributed by atoms with Crippen LogP contribution in [-0.4, -0.2) is 18.0 Å². The molecule has 0 aliphatic heterocycles. The minimum atomic E-state index is -0.354. The molecule has 0 bridgehead atoms. The van der Waals surface area contributed by atoms with Crippen LogP contribution in [0.2, 0.25) is 0 Å². The van der Waals surface area contributed by atoms with E-state index >= 15 is 0 Å². The van der Waals surface area contributed by atoms with Gasteiger partial charge in [-0.2, -0.15) is 0 Å². The predicted octanol–water partition coefficient (Wildman–Crippen LogP) is 2.44. The molecular weight excluding hydrogens is 212 g/mol. The van der Waals surface area contributed by atoms with Crippen LogP contribution in [0.4, 0.5) is 0 Å². The Morgan fingerprint density at radius 2 is 2.06 bits per heavy atom. The second-order valence-electron chi connectivity index (χ2n) is 6.53. The lowest BCUT2D eigenvalue weighted by Gasteiger charge is -2.39. The monoisotopic (exact) mass is 240 g/mol. The van der Waals surface area contributed by atoms with E-state index in [0.717, 1.165) is 12.8 Å². The fourth-order valence-electron chi connectivity index (χ4n) is 2.66. The van der Waals surface area contributed by atoms with E-state index in [1.54, 1.807) is 0 Å². The van der Waals surface area contributed by atoms with Crippen LogP contribution in [0.15, 0.2) is 0 Å². The molecular formula is C14H28N2O. The van der Waals surface area contributed by atoms with Crippen LogP contribution in [0.5, 0.6) is 0 Å². The predicted molar refractivity (Wildman–Crippen MR) is 71.6 cm³/mol. The lowest BCUT2D eigenvalue weighted by atomic mass is 9.73. The van der Waals surface area contributed by atoms with E-state index in [4.69, 9.17) is 5.73 Å². The van der Waals surface area contributed by atoms with E-state index in [1.165, 1.54) is 19.3 Å². The largest absolute Gasteiger partial charge is 0.351 e. The second kappa shape index (κ2) is 5.85. The maximum Gasteiger partial charge on any atom is 0.237 e. The van der Waals surface area contributed by atoms with Crippen LogP contribution >= 0.6 is 0 Å². The van der Waals surface area contributed by atoms with Crippen molar-refractivity contribution >= 4 is 5.91 Å². The highest BCUT2D eigenvalue weighted by molar-refractivity contribution is 5.81. The summed E-state index contributed by atoms with van der Waals surface area (Å²) < 4.78 is 0. The Bertz CT molecular complexity index is 261. The maximum absolute atomic E-state index is 12.0. The van der Waals surface area contributed by atoms with Gasteiger partial charge in [0.05, 0.1) is 6.04 Å². The molecule has 0 aromatic heterocycles. The third-order valence-corrected chi connectivity index (χ3v) is 3.89. The molecule has 1 aliphatic carbocycles. The molecule has 0 aromatic carbocycles. The molecule has 1 amide bonds. The zero-order chi connectivity index (χ0) is 13.1. The van der Waals surface area contributed by atoms with Gasteiger partial charge in [0.2, 0.25) is 5.91 Å². The molecule has 3 heteroatoms. The summed E-state index contributed by atoms with van der Waals surface area (Å²) in [5.74, 6) is 0.494. The van der Waals surface area contributed by atoms with Gasteiger partial charge < -0.3 is 11.1 Å². The Labute approximate surface area is 106 Å². The number of nitrogens with two attached hydrogens (primary N) is 1. The van der Waals surface area contributed by atoms with Gasteiger partial charge in [0.1, 0.15) is 0 Å². The fourth-order valence-corrected chi connectivity index (χ4v) is 2.66. The van der Waals surface area contributed by atoms with Gasteiger partial charge in [0.15, 0.2) is 0 Å². The van der Waals surface area contributed by atoms with Crippen molar-refractivity contribution in [2.24, 2.45) is 17.1 Å². The minimum Gasteiger partial charge on any atom is -0.351 e. The van der Waals surface area contributed by atoms with Gasteiger partial charge in [0.25, 0.3) is 0 Å². The molecule has 3 N–H and O–H groups in total. The van der Waals surface area contributed by atoms with E-state index in [0.29, 0.717) is 12.0 Å². The van der Waals surface area contributed by atoms with Crippen molar-refractivity contribution in [2.45, 2.75) is 71.9 Å². The normalized spacial score (nSPS) is 25.6. The lowest BCUT2D eigenvalue weighted by Crippen LogP contribution is -2.52. The molecule has 100 valence electrons. The molecule has 2 atom stereocenters. The molecule has 0 spiro atoms. The molecule has 0 radical (unpaired) electrons. The average Bonchev–Trinajstić information content (AvgIpc) is 2.19. The summed E-state index contributed by atoms with van der Waals surface area (Å²) in [6.07, 6.45) is 5.54. The number of carbonyl (C=O) groups is 1. The van der Waals surface area contributed by atoms with Crippen LogP contribution in [0, 0.1) is 11.3 Å². The quantitative estimate of drug-likeness (QED) is 0.793. The van der Waals surface area contributed by atoms with E-state index in [9.17, 15) is 4.79 Å². The molecule has 0 heterocycles. The summed E-state index contributed by atoms with van der Waals surface area (Å²) in [5.41, 5.74) is 6.13. The first-order valence-electron chi connectivity index (χ1n) is 6.89. The SMILES string of the molecule is CC(C)CC(N)C(=O)NC1CCCCC1(C)C. The van der Waals surface area contributed by atoms with Crippen LogP contribution in [0.25, 0.3) is 0 Å². The van der Waals surface area contributed by atoms with Crippen LogP contribution in [0.1, 0.15) is 59.8 Å². The summed E-state index contributed by atoms with van der Waals surface area (Å²) in [6.45, 7) is 8.67. The molecule has 1 aliphatic rings. The van der Waals surface area contributed by atoms with Crippen molar-refractivity contribution in [3.8, 4) is 0 Å². The van der Waals surface area contributed by atoms with Crippen LogP contribution < -0.4 is 11.1 Å². The molecule has 1 fully saturated rings. The Kier molecular flexibility index (Phi) is 4.99. The van der Waals surface area contributed by atoms with Crippen molar-refractivity contribution in [2.75, 3.05) is 0 Å². The lowest BCUT2D eigenvalue weighted by molar-refractivity contribution is -0.124. The van der Waals surface area contributed by atoms with Gasteiger partial charge in [-0.25, -0.2) is 0 Å². The summed E-state index contributed by atoms with van der Waals surface area (Å²) in [7, 11) is 0. The number of rotatable bonds is 4. The fraction of sp³-hybridized carbons (Fsp3) is 0.929. The van der Waals surface area contributed by atoms with Gasteiger partial charge in [-0.15, -0.1) is 0 Å². The Morgan fingerprint density at radius 3 is 2.59 bits per heavy atom. The molecule has 0 aromatic rings. The first-order valence-corrected chi connectivity index (χ1v) is 6.89. The zero-order valence-electron chi connectivity index (χ0n) is 11.8. The van der Waals surface area contributed by atoms with Gasteiger partial charge >= 0.3 is 0 Å². The average molecular weight is 240 g/mol. The summed E-state index contributed by atoms with van der Waals surface area (Å²) in [4.78, 5) is 12.0. The first-order chi connectivity index (χ1) is 7.83. The summed E-state index contributed by atoms with van der Waals surface area (Å²) in [6, 6.07) is -0.0605. The number of hydrogen-bond donors (Lipinski definition) is 2. The number of hydrogen-bond acceptors (Lipinski definition) is 2. The third-order valence-electron chi connectivity index (χ3n) is 3.89. The minimum absolute atomic E-state index is 0.0266. The van der Waals surface area contributed by atoms with Crippen molar-refractivity contribution in [3.63, 3.8) is 0 Å². The van der Waals surface area contributed by atoms with Gasteiger partial charge in [0, 0.05) is 6.04 Å². The third kappa shape index (κ3) is 4.30. The van der Waals surface area contributed by atoms with E-state index in [1.807, 2.05) is 0 Å². The molecule has 1 rings (SSSR count). The highest BCUT2D eigenvalue weighted by atomic mass is 16.2. The molecule has 2 unspecified atom stereocenters. The summed E-state index contributed by atoms with van der Waals surface area (Å²) >= 11 is 0. The Morgan fingerprint density at radius 1 is 1.41 bits per heavy atom. The Balaban J connectivity index is 2.49. The molecule has 0 saturated heterocycles. The maximum atomic E-state index is 12.0. The molecule has 3 nitrogen and oxygen atoms in total. The zero-order valence-corrected chi connectivity index (χ0v) is 11.8. The standard InChI is InChI=1S/C14H28N2O/c1-10(2)9-11(15)13(17)16-12-7-5-6-8-14(12,3)4/h10-12H,5-9,15H2,1-4H3,(H,16,17). The second-order valence-corrected chi connectivity index (χ2v) is 6.53. The number of carbonyl (C=O) groups excluding carboxylic acids is 1. The first kappa shape index (κ1) is 14.5. The highest BCUT2D eigenvalue weighted by Gasteiger charge is 2.33. The van der Waals surface area contributed by atoms with Crippen molar-refractivity contribution in [1.29, 1.82) is 0 Å².